The molecule has 5 rings (SSSR count). The Kier molecular flexibility index (Phi) is 4.95. The fraction of sp³-hybridized carbons (Fsp3) is 0.435. The molecular formula is C23H28N4S. The van der Waals surface area contributed by atoms with Crippen molar-refractivity contribution in [3.05, 3.63) is 53.6 Å². The summed E-state index contributed by atoms with van der Waals surface area (Å²) < 4.78 is 6.02. The number of nitrogens with one attached hydrogen (secondary N) is 1. The number of hydrogen-bond donors (Lipinski definition) is 1. The number of fused-ring (bicyclic) bond motifs is 2. The Morgan fingerprint density at radius 2 is 1.96 bits per heavy atom. The topological polar surface area (TPSA) is 31.4 Å². The highest BCUT2D eigenvalue weighted by Crippen LogP contribution is 2.30. The Morgan fingerprint density at radius 1 is 1.11 bits per heavy atom. The normalized spacial score (nSPS) is 20.2. The van der Waals surface area contributed by atoms with Crippen LogP contribution in [0.25, 0.3) is 10.1 Å². The van der Waals surface area contributed by atoms with Crippen LogP contribution in [0, 0.1) is 5.92 Å². The lowest BCUT2D eigenvalue weighted by molar-refractivity contribution is 0.260. The van der Waals surface area contributed by atoms with Gasteiger partial charge in [0.05, 0.1) is 4.70 Å². The van der Waals surface area contributed by atoms with Crippen LogP contribution >= 0.6 is 11.5 Å². The van der Waals surface area contributed by atoms with Gasteiger partial charge in [-0.05, 0) is 59.6 Å². The quantitative estimate of drug-likeness (QED) is 0.719. The van der Waals surface area contributed by atoms with Gasteiger partial charge in [-0.2, -0.15) is 4.37 Å². The number of aromatic nitrogens is 1. The second-order valence-electron chi connectivity index (χ2n) is 8.26. The van der Waals surface area contributed by atoms with Gasteiger partial charge in [-0.25, -0.2) is 0 Å². The highest BCUT2D eigenvalue weighted by Gasteiger charge is 2.21. The molecule has 5 heteroatoms. The lowest BCUT2D eigenvalue weighted by atomic mass is 9.93. The van der Waals surface area contributed by atoms with E-state index in [0.717, 1.165) is 51.6 Å². The molecule has 0 amide bonds. The minimum Gasteiger partial charge on any atom is -0.385 e. The monoisotopic (exact) mass is 392 g/mol. The Morgan fingerprint density at radius 3 is 2.86 bits per heavy atom. The third-order valence-electron chi connectivity index (χ3n) is 6.13. The number of rotatable bonds is 4. The maximum atomic E-state index is 4.73. The molecule has 1 saturated heterocycles. The number of piperazine rings is 1. The molecular weight excluding hydrogens is 364 g/mol. The van der Waals surface area contributed by atoms with Crippen molar-refractivity contribution >= 4 is 33.1 Å². The van der Waals surface area contributed by atoms with E-state index in [1.165, 1.54) is 39.1 Å². The summed E-state index contributed by atoms with van der Waals surface area (Å²) in [6.07, 6.45) is 2.34. The molecule has 0 radical (unpaired) electrons. The minimum absolute atomic E-state index is 0.734. The first-order chi connectivity index (χ1) is 13.8. The van der Waals surface area contributed by atoms with Crippen LogP contribution in [0.15, 0.2) is 42.5 Å². The Balaban J connectivity index is 1.17. The minimum atomic E-state index is 0.734. The van der Waals surface area contributed by atoms with E-state index in [1.807, 2.05) is 0 Å². The van der Waals surface area contributed by atoms with E-state index in [-0.39, 0.29) is 0 Å². The van der Waals surface area contributed by atoms with E-state index in [0.29, 0.717) is 0 Å². The lowest BCUT2D eigenvalue weighted by Gasteiger charge is -2.35. The van der Waals surface area contributed by atoms with Crippen LogP contribution in [0.2, 0.25) is 0 Å². The maximum Gasteiger partial charge on any atom is 0.150 e. The van der Waals surface area contributed by atoms with Crippen molar-refractivity contribution in [1.82, 2.24) is 9.27 Å². The fourth-order valence-electron chi connectivity index (χ4n) is 4.45. The van der Waals surface area contributed by atoms with Gasteiger partial charge in [0.15, 0.2) is 0 Å². The molecule has 0 saturated carbocycles. The van der Waals surface area contributed by atoms with Crippen molar-refractivity contribution in [2.24, 2.45) is 5.92 Å². The standard InChI is InChI=1S/C23H28N4S/c1-17-14-19-15-18(6-7-21(19)24-16-17)8-9-26-10-12-27(13-11-26)23-20-4-2-3-5-22(20)28-25-23/h2-7,15,17,24H,8-14,16H2,1H3. The van der Waals surface area contributed by atoms with Gasteiger partial charge in [0.25, 0.3) is 0 Å². The van der Waals surface area contributed by atoms with Gasteiger partial charge in [0.2, 0.25) is 0 Å². The van der Waals surface area contributed by atoms with Crippen molar-refractivity contribution in [2.75, 3.05) is 49.5 Å². The summed E-state index contributed by atoms with van der Waals surface area (Å²) in [6.45, 7) is 8.95. The third kappa shape index (κ3) is 3.61. The Labute approximate surface area is 171 Å². The van der Waals surface area contributed by atoms with Crippen LogP contribution in [0.4, 0.5) is 11.5 Å². The summed E-state index contributed by atoms with van der Waals surface area (Å²) in [5.41, 5.74) is 4.31. The summed E-state index contributed by atoms with van der Waals surface area (Å²) in [7, 11) is 0. The van der Waals surface area contributed by atoms with Gasteiger partial charge in [-0.3, -0.25) is 4.90 Å². The fourth-order valence-corrected chi connectivity index (χ4v) is 5.24. The predicted molar refractivity (Wildman–Crippen MR) is 120 cm³/mol. The molecule has 1 unspecified atom stereocenters. The van der Waals surface area contributed by atoms with Gasteiger partial charge in [-0.15, -0.1) is 0 Å². The molecule has 2 aliphatic rings. The molecule has 1 N–H and O–H groups in total. The molecule has 3 aromatic rings. The highest BCUT2D eigenvalue weighted by atomic mass is 32.1. The zero-order valence-corrected chi connectivity index (χ0v) is 17.3. The second-order valence-corrected chi connectivity index (χ2v) is 9.07. The van der Waals surface area contributed by atoms with E-state index >= 15 is 0 Å². The first-order valence-corrected chi connectivity index (χ1v) is 11.2. The van der Waals surface area contributed by atoms with Gasteiger partial charge in [-0.1, -0.05) is 31.2 Å². The lowest BCUT2D eigenvalue weighted by Crippen LogP contribution is -2.47. The molecule has 1 atom stereocenters. The molecule has 2 aromatic carbocycles. The molecule has 28 heavy (non-hydrogen) atoms. The van der Waals surface area contributed by atoms with Crippen molar-refractivity contribution in [3.8, 4) is 0 Å². The number of anilines is 2. The molecule has 0 spiro atoms. The summed E-state index contributed by atoms with van der Waals surface area (Å²) in [5.74, 6) is 1.91. The summed E-state index contributed by atoms with van der Waals surface area (Å²) in [4.78, 5) is 5.06. The largest absolute Gasteiger partial charge is 0.385 e. The Bertz CT molecular complexity index is 958. The van der Waals surface area contributed by atoms with Crippen LogP contribution in [-0.2, 0) is 12.8 Å². The van der Waals surface area contributed by atoms with Crippen LogP contribution in [0.5, 0.6) is 0 Å². The average molecular weight is 393 g/mol. The van der Waals surface area contributed by atoms with Crippen LogP contribution in [-0.4, -0.2) is 48.5 Å². The first-order valence-electron chi connectivity index (χ1n) is 10.4. The summed E-state index contributed by atoms with van der Waals surface area (Å²) in [5, 5.41) is 4.86. The molecule has 1 fully saturated rings. The first kappa shape index (κ1) is 18.0. The molecule has 146 valence electrons. The second kappa shape index (κ2) is 7.72. The summed E-state index contributed by atoms with van der Waals surface area (Å²) >= 11 is 1.62. The van der Waals surface area contributed by atoms with Crippen LogP contribution < -0.4 is 10.2 Å². The molecule has 1 aromatic heterocycles. The van der Waals surface area contributed by atoms with Gasteiger partial charge in [0, 0.05) is 50.3 Å². The smallest absolute Gasteiger partial charge is 0.150 e. The maximum absolute atomic E-state index is 4.73. The van der Waals surface area contributed by atoms with E-state index in [9.17, 15) is 0 Å². The van der Waals surface area contributed by atoms with Gasteiger partial charge < -0.3 is 10.2 Å². The molecule has 4 nitrogen and oxygen atoms in total. The molecule has 3 heterocycles. The third-order valence-corrected chi connectivity index (χ3v) is 6.94. The van der Waals surface area contributed by atoms with Gasteiger partial charge in [0.1, 0.15) is 5.82 Å². The van der Waals surface area contributed by atoms with Crippen molar-refractivity contribution in [3.63, 3.8) is 0 Å². The van der Waals surface area contributed by atoms with E-state index in [4.69, 9.17) is 4.37 Å². The zero-order chi connectivity index (χ0) is 18.9. The SMILES string of the molecule is CC1CNc2ccc(CCN3CCN(c4nsc5ccccc45)CC3)cc2C1. The Hall–Kier alpha value is -2.11. The predicted octanol–water partition coefficient (Wildman–Crippen LogP) is 4.27. The van der Waals surface area contributed by atoms with E-state index in [1.54, 1.807) is 11.5 Å². The van der Waals surface area contributed by atoms with E-state index in [2.05, 4.69) is 64.5 Å². The van der Waals surface area contributed by atoms with Crippen LogP contribution in [0.3, 0.4) is 0 Å². The van der Waals surface area contributed by atoms with Crippen molar-refractivity contribution < 1.29 is 0 Å². The van der Waals surface area contributed by atoms with Gasteiger partial charge >= 0.3 is 0 Å². The summed E-state index contributed by atoms with van der Waals surface area (Å²) in [6, 6.07) is 15.6. The highest BCUT2D eigenvalue weighted by molar-refractivity contribution is 7.13. The number of hydrogen-bond acceptors (Lipinski definition) is 5. The molecule has 0 bridgehead atoms. The van der Waals surface area contributed by atoms with Crippen molar-refractivity contribution in [1.29, 1.82) is 0 Å². The van der Waals surface area contributed by atoms with Crippen LogP contribution in [0.1, 0.15) is 18.1 Å². The number of benzene rings is 2. The molecule has 2 aliphatic heterocycles. The van der Waals surface area contributed by atoms with Crippen molar-refractivity contribution in [2.45, 2.75) is 19.8 Å². The zero-order valence-electron chi connectivity index (χ0n) is 16.5. The average Bonchev–Trinajstić information content (AvgIpc) is 3.16. The molecule has 0 aliphatic carbocycles. The number of nitrogens with zero attached hydrogens (tertiary/aromatic N) is 3. The van der Waals surface area contributed by atoms with E-state index < -0.39 is 0 Å².